The van der Waals surface area contributed by atoms with Gasteiger partial charge in [-0.2, -0.15) is 0 Å². The summed E-state index contributed by atoms with van der Waals surface area (Å²) < 4.78 is 0. The van der Waals surface area contributed by atoms with Crippen LogP contribution in [0.25, 0.3) is 0 Å². The van der Waals surface area contributed by atoms with E-state index >= 15 is 0 Å². The van der Waals surface area contributed by atoms with Crippen molar-refractivity contribution < 1.29 is 4.79 Å². The first kappa shape index (κ1) is 15.8. The molecule has 0 spiro atoms. The molecule has 2 rings (SSSR count). The number of carbonyl (C=O) groups excluding carboxylic acids is 1. The Labute approximate surface area is 123 Å². The average molecular weight is 281 g/mol. The van der Waals surface area contributed by atoms with Gasteiger partial charge >= 0.3 is 0 Å². The number of hydrogen-bond acceptors (Lipinski definition) is 3. The van der Waals surface area contributed by atoms with Crippen LogP contribution in [0.5, 0.6) is 0 Å². The van der Waals surface area contributed by atoms with Gasteiger partial charge in [-0.25, -0.2) is 0 Å². The van der Waals surface area contributed by atoms with Crippen LogP contribution in [0.3, 0.4) is 0 Å². The van der Waals surface area contributed by atoms with E-state index < -0.39 is 5.54 Å². The van der Waals surface area contributed by atoms with Gasteiger partial charge in [0.25, 0.3) is 0 Å². The summed E-state index contributed by atoms with van der Waals surface area (Å²) in [5.41, 5.74) is 5.26. The summed E-state index contributed by atoms with van der Waals surface area (Å²) in [5, 5.41) is 3.49. The molecule has 2 saturated carbocycles. The Morgan fingerprint density at radius 2 is 1.90 bits per heavy atom. The largest absolute Gasteiger partial charge is 0.368 e. The highest BCUT2D eigenvalue weighted by molar-refractivity contribution is 5.86. The summed E-state index contributed by atoms with van der Waals surface area (Å²) in [7, 11) is 2.14. The molecule has 0 aromatic carbocycles. The van der Waals surface area contributed by atoms with Gasteiger partial charge in [0.2, 0.25) is 5.91 Å². The van der Waals surface area contributed by atoms with Crippen molar-refractivity contribution in [1.82, 2.24) is 10.2 Å². The Hall–Kier alpha value is -0.610. The predicted octanol–water partition coefficient (Wildman–Crippen LogP) is 1.74. The second-order valence-electron chi connectivity index (χ2n) is 7.26. The molecular weight excluding hydrogens is 250 g/mol. The number of rotatable bonds is 8. The highest BCUT2D eigenvalue weighted by Crippen LogP contribution is 2.40. The van der Waals surface area contributed by atoms with Gasteiger partial charge in [-0.3, -0.25) is 10.1 Å². The Morgan fingerprint density at radius 3 is 2.35 bits per heavy atom. The Bertz CT molecular complexity index is 335. The topological polar surface area (TPSA) is 58.4 Å². The number of nitrogens with two attached hydrogens (primary N) is 1. The van der Waals surface area contributed by atoms with E-state index in [4.69, 9.17) is 5.73 Å². The third-order valence-electron chi connectivity index (χ3n) is 4.82. The zero-order chi connectivity index (χ0) is 14.8. The number of nitrogens with zero attached hydrogens (tertiary/aromatic N) is 1. The van der Waals surface area contributed by atoms with Crippen LogP contribution in [0.2, 0.25) is 0 Å². The first-order valence-electron chi connectivity index (χ1n) is 8.20. The summed E-state index contributed by atoms with van der Waals surface area (Å²) in [5.74, 6) is 1.06. The maximum Gasteiger partial charge on any atom is 0.239 e. The molecule has 2 aliphatic rings. The minimum Gasteiger partial charge on any atom is -0.368 e. The third kappa shape index (κ3) is 3.73. The van der Waals surface area contributed by atoms with E-state index in [0.29, 0.717) is 5.92 Å². The summed E-state index contributed by atoms with van der Waals surface area (Å²) in [4.78, 5) is 14.5. The summed E-state index contributed by atoms with van der Waals surface area (Å²) >= 11 is 0. The molecule has 20 heavy (non-hydrogen) atoms. The normalized spacial score (nSPS) is 23.4. The molecule has 3 N–H and O–H groups in total. The Kier molecular flexibility index (Phi) is 5.08. The van der Waals surface area contributed by atoms with E-state index in [-0.39, 0.29) is 11.9 Å². The molecule has 1 unspecified atom stereocenters. The molecule has 0 aromatic heterocycles. The van der Waals surface area contributed by atoms with Crippen molar-refractivity contribution in [2.75, 3.05) is 20.1 Å². The van der Waals surface area contributed by atoms with Gasteiger partial charge in [0, 0.05) is 19.1 Å². The summed E-state index contributed by atoms with van der Waals surface area (Å²) in [6.07, 6.45) is 7.67. The molecule has 0 aliphatic heterocycles. The second kappa shape index (κ2) is 6.44. The lowest BCUT2D eigenvalue weighted by molar-refractivity contribution is -0.126. The van der Waals surface area contributed by atoms with Crippen molar-refractivity contribution in [3.8, 4) is 0 Å². The van der Waals surface area contributed by atoms with Gasteiger partial charge in [-0.15, -0.1) is 0 Å². The molecule has 1 atom stereocenters. The van der Waals surface area contributed by atoms with Crippen LogP contribution in [0.15, 0.2) is 0 Å². The van der Waals surface area contributed by atoms with E-state index in [1.165, 1.54) is 25.7 Å². The van der Waals surface area contributed by atoms with Crippen molar-refractivity contribution in [3.63, 3.8) is 0 Å². The number of hydrogen-bond donors (Lipinski definition) is 2. The van der Waals surface area contributed by atoms with Gasteiger partial charge in [0.05, 0.1) is 0 Å². The quantitative estimate of drug-likeness (QED) is 0.712. The lowest BCUT2D eigenvalue weighted by Crippen LogP contribution is -2.64. The maximum atomic E-state index is 12.1. The molecular formula is C16H31N3O. The predicted molar refractivity (Wildman–Crippen MR) is 82.4 cm³/mol. The number of primary amides is 1. The van der Waals surface area contributed by atoms with E-state index in [0.717, 1.165) is 31.8 Å². The number of carbonyl (C=O) groups is 1. The molecule has 0 aromatic rings. The summed E-state index contributed by atoms with van der Waals surface area (Å²) in [6, 6.07) is 0.281. The monoisotopic (exact) mass is 281 g/mol. The van der Waals surface area contributed by atoms with Gasteiger partial charge in [0.1, 0.15) is 5.54 Å². The first-order valence-corrected chi connectivity index (χ1v) is 8.20. The first-order chi connectivity index (χ1) is 9.44. The molecule has 4 nitrogen and oxygen atoms in total. The van der Waals surface area contributed by atoms with Gasteiger partial charge in [-0.05, 0) is 58.4 Å². The fourth-order valence-electron chi connectivity index (χ4n) is 3.86. The molecule has 2 fully saturated rings. The molecule has 2 aliphatic carbocycles. The average Bonchev–Trinajstić information content (AvgIpc) is 3.08. The van der Waals surface area contributed by atoms with Crippen LogP contribution in [-0.2, 0) is 4.79 Å². The van der Waals surface area contributed by atoms with E-state index in [1.54, 1.807) is 0 Å². The van der Waals surface area contributed by atoms with Gasteiger partial charge < -0.3 is 10.6 Å². The maximum absolute atomic E-state index is 12.1. The zero-order valence-corrected chi connectivity index (χ0v) is 13.3. The van der Waals surface area contributed by atoms with Crippen molar-refractivity contribution in [2.45, 2.75) is 64.0 Å². The second-order valence-corrected chi connectivity index (χ2v) is 7.26. The van der Waals surface area contributed by atoms with Gasteiger partial charge in [0.15, 0.2) is 0 Å². The third-order valence-corrected chi connectivity index (χ3v) is 4.82. The number of nitrogens with one attached hydrogen (secondary N) is 1. The lowest BCUT2D eigenvalue weighted by atomic mass is 9.90. The highest BCUT2D eigenvalue weighted by Gasteiger charge is 2.50. The molecule has 0 bridgehead atoms. The molecule has 0 heterocycles. The molecule has 0 saturated heterocycles. The van der Waals surface area contributed by atoms with Crippen LogP contribution < -0.4 is 11.1 Å². The van der Waals surface area contributed by atoms with Crippen LogP contribution >= 0.6 is 0 Å². The molecule has 0 radical (unpaired) electrons. The minimum absolute atomic E-state index is 0.174. The van der Waals surface area contributed by atoms with E-state index in [9.17, 15) is 4.79 Å². The minimum atomic E-state index is -0.526. The van der Waals surface area contributed by atoms with Crippen LogP contribution in [0.1, 0.15) is 52.4 Å². The van der Waals surface area contributed by atoms with Crippen LogP contribution in [0, 0.1) is 11.8 Å². The standard InChI is InChI=1S/C16H31N3O/c1-12(2)18-16(15(17)20,14-8-9-14)11-19(3)10-13-6-4-5-7-13/h12-14,18H,4-11H2,1-3H3,(H2,17,20). The number of likely N-dealkylation sites (N-methyl/N-ethyl adjacent to an activating group) is 1. The van der Waals surface area contributed by atoms with E-state index in [2.05, 4.69) is 31.1 Å². The number of amides is 1. The van der Waals surface area contributed by atoms with Crippen LogP contribution in [-0.4, -0.2) is 42.5 Å². The van der Waals surface area contributed by atoms with E-state index in [1.807, 2.05) is 0 Å². The fraction of sp³-hybridized carbons (Fsp3) is 0.938. The fourth-order valence-corrected chi connectivity index (χ4v) is 3.86. The zero-order valence-electron chi connectivity index (χ0n) is 13.3. The van der Waals surface area contributed by atoms with Crippen molar-refractivity contribution >= 4 is 5.91 Å². The highest BCUT2D eigenvalue weighted by atomic mass is 16.1. The SMILES string of the molecule is CC(C)NC(CN(C)CC1CCCC1)(C(N)=O)C1CC1. The molecule has 4 heteroatoms. The molecule has 1 amide bonds. The van der Waals surface area contributed by atoms with Crippen molar-refractivity contribution in [2.24, 2.45) is 17.6 Å². The van der Waals surface area contributed by atoms with Crippen molar-refractivity contribution in [1.29, 1.82) is 0 Å². The van der Waals surface area contributed by atoms with Crippen molar-refractivity contribution in [3.05, 3.63) is 0 Å². The smallest absolute Gasteiger partial charge is 0.239 e. The summed E-state index contributed by atoms with van der Waals surface area (Å²) in [6.45, 7) is 6.04. The molecule has 116 valence electrons. The Balaban J connectivity index is 2.00. The van der Waals surface area contributed by atoms with Gasteiger partial charge in [-0.1, -0.05) is 12.8 Å². The Morgan fingerprint density at radius 1 is 1.30 bits per heavy atom. The lowest BCUT2D eigenvalue weighted by Gasteiger charge is -2.38. The van der Waals surface area contributed by atoms with Crippen LogP contribution in [0.4, 0.5) is 0 Å².